The Labute approximate surface area is 169 Å². The first-order valence-corrected chi connectivity index (χ1v) is 9.59. The van der Waals surface area contributed by atoms with Crippen LogP contribution in [-0.4, -0.2) is 29.9 Å². The first kappa shape index (κ1) is 20.7. The van der Waals surface area contributed by atoms with Gasteiger partial charge < -0.3 is 9.47 Å². The second-order valence-electron chi connectivity index (χ2n) is 5.56. The Kier molecular flexibility index (Phi) is 5.88. The molecule has 0 aliphatic heterocycles. The minimum absolute atomic E-state index is 0.0997. The summed E-state index contributed by atoms with van der Waals surface area (Å²) in [5.74, 6) is -1.70. The van der Waals surface area contributed by atoms with E-state index < -0.39 is 33.4 Å². The summed E-state index contributed by atoms with van der Waals surface area (Å²) in [6.07, 6.45) is -0.0681. The lowest BCUT2D eigenvalue weighted by Gasteiger charge is -2.10. The molecule has 0 saturated carbocycles. The predicted molar refractivity (Wildman–Crippen MR) is 103 cm³/mol. The lowest BCUT2D eigenvalue weighted by molar-refractivity contribution is 0.215. The van der Waals surface area contributed by atoms with Crippen LogP contribution in [-0.2, 0) is 10.0 Å². The van der Waals surface area contributed by atoms with Gasteiger partial charge in [0, 0.05) is 0 Å². The molecule has 3 aromatic rings. The Hall–Kier alpha value is -4.06. The minimum Gasteiger partial charge on any atom is -0.446 e. The molecule has 2 aromatic carbocycles. The standard InChI is InChI=1S/C18H13FN4O6S/c19-15-10-23(30(26,27)14-8-6-12(7-9-14)28-11-20)17(24)21-16(15)22-18(25)29-13-4-2-1-3-5-13/h1-11,20H,(H,21,22,24,25). The highest BCUT2D eigenvalue weighted by Crippen LogP contribution is 2.18. The predicted octanol–water partition coefficient (Wildman–Crippen LogP) is 2.22. The molecule has 0 fully saturated rings. The SMILES string of the molecule is N=COc1ccc(S(=O)(=O)n2cc(F)c(NC(=O)Oc3ccccc3)nc2=O)cc1. The second-order valence-corrected chi connectivity index (χ2v) is 7.37. The summed E-state index contributed by atoms with van der Waals surface area (Å²) in [6, 6.07) is 12.6. The maximum atomic E-state index is 14.3. The Morgan fingerprint density at radius 3 is 2.40 bits per heavy atom. The van der Waals surface area contributed by atoms with Crippen molar-refractivity contribution in [1.82, 2.24) is 8.96 Å². The van der Waals surface area contributed by atoms with Crippen LogP contribution in [0.3, 0.4) is 0 Å². The topological polar surface area (TPSA) is 140 Å². The van der Waals surface area contributed by atoms with Gasteiger partial charge in [0.1, 0.15) is 11.5 Å². The van der Waals surface area contributed by atoms with Crippen LogP contribution in [0.15, 0.2) is 70.5 Å². The number of amides is 1. The number of nitrogens with one attached hydrogen (secondary N) is 2. The zero-order valence-corrected chi connectivity index (χ0v) is 15.8. The summed E-state index contributed by atoms with van der Waals surface area (Å²) in [5, 5.41) is 8.78. The van der Waals surface area contributed by atoms with Gasteiger partial charge in [0.25, 0.3) is 10.0 Å². The highest BCUT2D eigenvalue weighted by atomic mass is 32.2. The van der Waals surface area contributed by atoms with Crippen molar-refractivity contribution < 1.29 is 27.1 Å². The van der Waals surface area contributed by atoms with Crippen LogP contribution in [0, 0.1) is 11.2 Å². The molecule has 0 aliphatic rings. The number of hydrogen-bond acceptors (Lipinski definition) is 8. The molecule has 1 amide bonds. The molecule has 3 rings (SSSR count). The molecule has 2 N–H and O–H groups in total. The molecular weight excluding hydrogens is 419 g/mol. The van der Waals surface area contributed by atoms with E-state index in [-0.39, 0.29) is 20.4 Å². The van der Waals surface area contributed by atoms with Crippen molar-refractivity contribution >= 4 is 28.3 Å². The van der Waals surface area contributed by atoms with Gasteiger partial charge in [0.05, 0.1) is 11.1 Å². The summed E-state index contributed by atoms with van der Waals surface area (Å²) in [4.78, 5) is 27.0. The third-order valence-corrected chi connectivity index (χ3v) is 5.25. The lowest BCUT2D eigenvalue weighted by Crippen LogP contribution is -2.31. The number of hydrogen-bond donors (Lipinski definition) is 2. The van der Waals surface area contributed by atoms with E-state index in [4.69, 9.17) is 14.9 Å². The second kappa shape index (κ2) is 8.53. The zero-order chi connectivity index (χ0) is 21.7. The fourth-order valence-electron chi connectivity index (χ4n) is 2.27. The van der Waals surface area contributed by atoms with Gasteiger partial charge in [-0.15, -0.1) is 0 Å². The Morgan fingerprint density at radius 1 is 1.10 bits per heavy atom. The number of ether oxygens (including phenoxy) is 2. The molecule has 12 heteroatoms. The number of nitrogens with zero attached hydrogens (tertiary/aromatic N) is 2. The van der Waals surface area contributed by atoms with Crippen molar-refractivity contribution in [3.8, 4) is 11.5 Å². The van der Waals surface area contributed by atoms with Crippen molar-refractivity contribution in [2.45, 2.75) is 4.90 Å². The number of para-hydroxylation sites is 1. The van der Waals surface area contributed by atoms with Gasteiger partial charge >= 0.3 is 11.8 Å². The van der Waals surface area contributed by atoms with E-state index in [1.54, 1.807) is 18.2 Å². The molecule has 0 spiro atoms. The van der Waals surface area contributed by atoms with E-state index >= 15 is 0 Å². The van der Waals surface area contributed by atoms with Crippen LogP contribution < -0.4 is 20.5 Å². The summed E-state index contributed by atoms with van der Waals surface area (Å²) in [5.41, 5.74) is -1.34. The quantitative estimate of drug-likeness (QED) is 0.449. The van der Waals surface area contributed by atoms with Crippen LogP contribution in [0.5, 0.6) is 11.5 Å². The van der Waals surface area contributed by atoms with E-state index in [0.717, 1.165) is 12.1 Å². The molecule has 154 valence electrons. The van der Waals surface area contributed by atoms with Gasteiger partial charge in [-0.3, -0.25) is 10.7 Å². The third-order valence-electron chi connectivity index (χ3n) is 3.60. The maximum Gasteiger partial charge on any atom is 0.418 e. The summed E-state index contributed by atoms with van der Waals surface area (Å²) >= 11 is 0. The van der Waals surface area contributed by atoms with Gasteiger partial charge in [-0.1, -0.05) is 18.2 Å². The molecule has 0 saturated heterocycles. The maximum absolute atomic E-state index is 14.3. The highest BCUT2D eigenvalue weighted by Gasteiger charge is 2.22. The van der Waals surface area contributed by atoms with E-state index in [0.29, 0.717) is 12.6 Å². The van der Waals surface area contributed by atoms with Crippen LogP contribution in [0.25, 0.3) is 0 Å². The number of aromatic nitrogens is 2. The molecule has 0 atom stereocenters. The monoisotopic (exact) mass is 432 g/mol. The van der Waals surface area contributed by atoms with Crippen LogP contribution >= 0.6 is 0 Å². The minimum atomic E-state index is -4.47. The molecular formula is C18H13FN4O6S. The molecule has 0 radical (unpaired) electrons. The van der Waals surface area contributed by atoms with Gasteiger partial charge in [0.2, 0.25) is 0 Å². The number of anilines is 1. The van der Waals surface area contributed by atoms with E-state index in [2.05, 4.69) is 4.98 Å². The number of benzene rings is 2. The number of carbonyl (C=O) groups excluding carboxylic acids is 1. The molecule has 0 aliphatic carbocycles. The summed E-state index contributed by atoms with van der Waals surface area (Å²) in [7, 11) is -4.47. The van der Waals surface area contributed by atoms with E-state index in [9.17, 15) is 22.4 Å². The molecule has 1 aromatic heterocycles. The van der Waals surface area contributed by atoms with Gasteiger partial charge in [-0.2, -0.15) is 8.96 Å². The fraction of sp³-hybridized carbons (Fsp3) is 0. The fourth-order valence-corrected chi connectivity index (χ4v) is 3.45. The molecule has 10 nitrogen and oxygen atoms in total. The average Bonchev–Trinajstić information content (AvgIpc) is 2.71. The molecule has 0 bridgehead atoms. The molecule has 30 heavy (non-hydrogen) atoms. The van der Waals surface area contributed by atoms with Crippen LogP contribution in [0.1, 0.15) is 0 Å². The smallest absolute Gasteiger partial charge is 0.418 e. The van der Waals surface area contributed by atoms with E-state index in [1.165, 1.54) is 24.3 Å². The van der Waals surface area contributed by atoms with Crippen molar-refractivity contribution in [3.63, 3.8) is 0 Å². The summed E-state index contributed by atoms with van der Waals surface area (Å²) < 4.78 is 49.3. The lowest BCUT2D eigenvalue weighted by atomic mass is 10.3. The Balaban J connectivity index is 1.85. The highest BCUT2D eigenvalue weighted by molar-refractivity contribution is 7.90. The van der Waals surface area contributed by atoms with Crippen molar-refractivity contribution in [3.05, 3.63) is 77.1 Å². The van der Waals surface area contributed by atoms with Gasteiger partial charge in [0.15, 0.2) is 18.0 Å². The normalized spacial score (nSPS) is 10.8. The number of rotatable bonds is 6. The van der Waals surface area contributed by atoms with Gasteiger partial charge in [-0.05, 0) is 36.4 Å². The summed E-state index contributed by atoms with van der Waals surface area (Å²) in [6.45, 7) is 0. The first-order valence-electron chi connectivity index (χ1n) is 8.15. The number of carbonyl (C=O) groups is 1. The largest absolute Gasteiger partial charge is 0.446 e. The van der Waals surface area contributed by atoms with E-state index in [1.807, 2.05) is 5.32 Å². The van der Waals surface area contributed by atoms with Crippen LogP contribution in [0.4, 0.5) is 15.0 Å². The van der Waals surface area contributed by atoms with Crippen molar-refractivity contribution in [2.24, 2.45) is 0 Å². The van der Waals surface area contributed by atoms with Crippen LogP contribution in [0.2, 0.25) is 0 Å². The van der Waals surface area contributed by atoms with Crippen molar-refractivity contribution in [2.75, 3.05) is 5.32 Å². The van der Waals surface area contributed by atoms with Crippen molar-refractivity contribution in [1.29, 1.82) is 5.41 Å². The first-order chi connectivity index (χ1) is 14.3. The molecule has 0 unspecified atom stereocenters. The number of halogens is 1. The average molecular weight is 432 g/mol. The zero-order valence-electron chi connectivity index (χ0n) is 15.0. The van der Waals surface area contributed by atoms with Gasteiger partial charge in [-0.25, -0.2) is 22.4 Å². The third kappa shape index (κ3) is 4.50. The molecule has 1 heterocycles. The Morgan fingerprint density at radius 2 is 1.77 bits per heavy atom. The Bertz CT molecular complexity index is 1240.